The molecule has 2 saturated heterocycles. The minimum atomic E-state index is -1.18. The molecule has 0 saturated carbocycles. The molecule has 158 valence electrons. The molecular formula is C19H24N2O8. The molecule has 3 heterocycles. The Hall–Kier alpha value is -2.56. The molecule has 2 fully saturated rings. The summed E-state index contributed by atoms with van der Waals surface area (Å²) in [4.78, 5) is 32.3. The van der Waals surface area contributed by atoms with Crippen LogP contribution in [0.4, 0.5) is 10.5 Å². The van der Waals surface area contributed by atoms with Gasteiger partial charge in [-0.25, -0.2) is 19.5 Å². The summed E-state index contributed by atoms with van der Waals surface area (Å²) in [6, 6.07) is 2.82. The van der Waals surface area contributed by atoms with Crippen molar-refractivity contribution in [1.82, 2.24) is 4.90 Å². The van der Waals surface area contributed by atoms with Gasteiger partial charge in [-0.2, -0.15) is 0 Å². The highest BCUT2D eigenvalue weighted by atomic mass is 16.8. The van der Waals surface area contributed by atoms with E-state index in [0.29, 0.717) is 23.5 Å². The molecule has 2 bridgehead atoms. The number of rotatable bonds is 5. The maximum absolute atomic E-state index is 12.3. The number of anilines is 1. The Morgan fingerprint density at radius 1 is 1.17 bits per heavy atom. The van der Waals surface area contributed by atoms with E-state index in [9.17, 15) is 9.59 Å². The number of benzene rings is 1. The summed E-state index contributed by atoms with van der Waals surface area (Å²) in [5.74, 6) is -1.60. The van der Waals surface area contributed by atoms with Gasteiger partial charge in [0.25, 0.3) is 0 Å². The first-order valence-electron chi connectivity index (χ1n) is 9.14. The lowest BCUT2D eigenvalue weighted by Crippen LogP contribution is -2.60. The van der Waals surface area contributed by atoms with Crippen LogP contribution in [0.25, 0.3) is 0 Å². The van der Waals surface area contributed by atoms with Crippen molar-refractivity contribution in [3.8, 4) is 5.75 Å². The fourth-order valence-corrected chi connectivity index (χ4v) is 4.58. The predicted octanol–water partition coefficient (Wildman–Crippen LogP) is 1.14. The molecule has 2 unspecified atom stereocenters. The van der Waals surface area contributed by atoms with Crippen LogP contribution >= 0.6 is 0 Å². The SMILES string of the molecule is COCC1c2c(OC)cc(C(=O)OC)cc2N2C[C@H]3[C@H](N3C(=O)OC)C1(OC)O2. The maximum atomic E-state index is 12.3. The minimum Gasteiger partial charge on any atom is -0.496 e. The van der Waals surface area contributed by atoms with Crippen molar-refractivity contribution in [1.29, 1.82) is 0 Å². The number of amides is 1. The number of hydrogen-bond donors (Lipinski definition) is 0. The highest BCUT2D eigenvalue weighted by Crippen LogP contribution is 2.58. The third kappa shape index (κ3) is 2.66. The predicted molar refractivity (Wildman–Crippen MR) is 98.9 cm³/mol. The van der Waals surface area contributed by atoms with E-state index in [2.05, 4.69) is 0 Å². The fourth-order valence-electron chi connectivity index (χ4n) is 4.58. The number of esters is 1. The molecular weight excluding hydrogens is 384 g/mol. The monoisotopic (exact) mass is 408 g/mol. The lowest BCUT2D eigenvalue weighted by molar-refractivity contribution is -0.267. The van der Waals surface area contributed by atoms with Gasteiger partial charge in [0, 0.05) is 19.8 Å². The van der Waals surface area contributed by atoms with Crippen LogP contribution in [-0.4, -0.2) is 83.5 Å². The van der Waals surface area contributed by atoms with Gasteiger partial charge in [-0.05, 0) is 12.1 Å². The van der Waals surface area contributed by atoms with E-state index in [1.165, 1.54) is 28.4 Å². The van der Waals surface area contributed by atoms with Gasteiger partial charge in [0.05, 0.1) is 57.7 Å². The number of hydrogen-bond acceptors (Lipinski definition) is 9. The Kier molecular flexibility index (Phi) is 4.80. The summed E-state index contributed by atoms with van der Waals surface area (Å²) in [5, 5.41) is 1.64. The number of carbonyl (C=O) groups excluding carboxylic acids is 2. The number of methoxy groups -OCH3 is 5. The Balaban J connectivity index is 1.88. The van der Waals surface area contributed by atoms with Gasteiger partial charge in [0.1, 0.15) is 11.8 Å². The van der Waals surface area contributed by atoms with Crippen LogP contribution in [0, 0.1) is 0 Å². The summed E-state index contributed by atoms with van der Waals surface area (Å²) < 4.78 is 26.8. The third-order valence-corrected chi connectivity index (χ3v) is 5.85. The largest absolute Gasteiger partial charge is 0.496 e. The first-order valence-corrected chi connectivity index (χ1v) is 9.14. The molecule has 10 nitrogen and oxygen atoms in total. The normalized spacial score (nSPS) is 28.9. The first-order chi connectivity index (χ1) is 14.0. The molecule has 1 aromatic carbocycles. The van der Waals surface area contributed by atoms with Crippen molar-refractivity contribution in [2.24, 2.45) is 0 Å². The van der Waals surface area contributed by atoms with Crippen molar-refractivity contribution in [2.45, 2.75) is 23.8 Å². The van der Waals surface area contributed by atoms with E-state index in [4.69, 9.17) is 28.5 Å². The smallest absolute Gasteiger partial charge is 0.410 e. The number of carbonyl (C=O) groups is 2. The summed E-state index contributed by atoms with van der Waals surface area (Å²) in [6.45, 7) is 0.645. The van der Waals surface area contributed by atoms with Gasteiger partial charge >= 0.3 is 12.1 Å². The zero-order valence-electron chi connectivity index (χ0n) is 17.0. The second-order valence-corrected chi connectivity index (χ2v) is 7.08. The molecule has 0 spiro atoms. The lowest BCUT2D eigenvalue weighted by Gasteiger charge is -2.49. The van der Waals surface area contributed by atoms with Gasteiger partial charge in [-0.15, -0.1) is 0 Å². The topological polar surface area (TPSA) is 95.8 Å². The second-order valence-electron chi connectivity index (χ2n) is 7.08. The van der Waals surface area contributed by atoms with Gasteiger partial charge in [0.15, 0.2) is 0 Å². The maximum Gasteiger partial charge on any atom is 0.410 e. The molecule has 1 aromatic rings. The number of ether oxygens (including phenoxy) is 5. The van der Waals surface area contributed by atoms with Crippen molar-refractivity contribution >= 4 is 17.7 Å². The van der Waals surface area contributed by atoms with Crippen molar-refractivity contribution < 1.29 is 38.1 Å². The van der Waals surface area contributed by atoms with Crippen LogP contribution in [0.2, 0.25) is 0 Å². The van der Waals surface area contributed by atoms with Gasteiger partial charge in [0.2, 0.25) is 5.79 Å². The van der Waals surface area contributed by atoms with Crippen molar-refractivity contribution in [3.05, 3.63) is 23.3 Å². The third-order valence-electron chi connectivity index (χ3n) is 5.85. The molecule has 3 aliphatic rings. The molecule has 0 aliphatic carbocycles. The van der Waals surface area contributed by atoms with E-state index in [1.807, 2.05) is 0 Å². The van der Waals surface area contributed by atoms with Crippen LogP contribution < -0.4 is 9.80 Å². The van der Waals surface area contributed by atoms with Crippen LogP contribution in [0.1, 0.15) is 21.8 Å². The standard InChI is InChI=1S/C19H24N2O8/c1-24-9-11-15-12(6-10(17(22)26-3)7-14(15)25-2)20-8-13-16(19(11,28-5)29-20)21(13)18(23)27-4/h6-7,11,13,16H,8-9H2,1-5H3/t11?,13-,16-,19?,21?/m0/s1. The van der Waals surface area contributed by atoms with E-state index in [0.717, 1.165) is 5.56 Å². The van der Waals surface area contributed by atoms with Gasteiger partial charge in [-0.3, -0.25) is 4.90 Å². The minimum absolute atomic E-state index is 0.156. The molecule has 4 atom stereocenters. The molecule has 10 heteroatoms. The summed E-state index contributed by atoms with van der Waals surface area (Å²) in [7, 11) is 7.30. The number of nitrogens with zero attached hydrogens (tertiary/aromatic N) is 2. The van der Waals surface area contributed by atoms with Gasteiger partial charge < -0.3 is 23.7 Å². The number of hydroxylamine groups is 1. The van der Waals surface area contributed by atoms with Crippen LogP contribution in [-0.2, 0) is 23.8 Å². The van der Waals surface area contributed by atoms with E-state index < -0.39 is 23.8 Å². The molecule has 0 aromatic heterocycles. The molecule has 1 amide bonds. The zero-order valence-corrected chi connectivity index (χ0v) is 17.0. The lowest BCUT2D eigenvalue weighted by atomic mass is 9.82. The average molecular weight is 408 g/mol. The Morgan fingerprint density at radius 2 is 1.93 bits per heavy atom. The van der Waals surface area contributed by atoms with E-state index in [1.54, 1.807) is 29.2 Å². The second kappa shape index (κ2) is 7.05. The molecule has 0 N–H and O–H groups in total. The first kappa shape index (κ1) is 19.7. The highest BCUT2D eigenvalue weighted by Gasteiger charge is 2.73. The molecule has 29 heavy (non-hydrogen) atoms. The number of fused-ring (bicyclic) bond motifs is 6. The highest BCUT2D eigenvalue weighted by molar-refractivity contribution is 5.92. The Bertz CT molecular complexity index is 846. The summed E-state index contributed by atoms with van der Waals surface area (Å²) in [5.41, 5.74) is 1.76. The van der Waals surface area contributed by atoms with Crippen LogP contribution in [0.3, 0.4) is 0 Å². The summed E-state index contributed by atoms with van der Waals surface area (Å²) in [6.07, 6.45) is -0.448. The van der Waals surface area contributed by atoms with Crippen LogP contribution in [0.5, 0.6) is 5.75 Å². The molecule has 4 rings (SSSR count). The van der Waals surface area contributed by atoms with Gasteiger partial charge in [-0.1, -0.05) is 0 Å². The Morgan fingerprint density at radius 3 is 2.52 bits per heavy atom. The zero-order chi connectivity index (χ0) is 20.9. The van der Waals surface area contributed by atoms with E-state index in [-0.39, 0.29) is 18.7 Å². The van der Waals surface area contributed by atoms with Crippen molar-refractivity contribution in [3.63, 3.8) is 0 Å². The Labute approximate surface area is 168 Å². The fraction of sp³-hybridized carbons (Fsp3) is 0.579. The van der Waals surface area contributed by atoms with Crippen molar-refractivity contribution in [2.75, 3.05) is 53.8 Å². The summed E-state index contributed by atoms with van der Waals surface area (Å²) >= 11 is 0. The molecule has 0 radical (unpaired) electrons. The molecule has 3 aliphatic heterocycles. The average Bonchev–Trinajstić information content (AvgIpc) is 3.49. The van der Waals surface area contributed by atoms with Crippen LogP contribution in [0.15, 0.2) is 12.1 Å². The van der Waals surface area contributed by atoms with E-state index >= 15 is 0 Å². The quantitative estimate of drug-likeness (QED) is 0.525.